The largest absolute Gasteiger partial charge is 0.394 e. The Morgan fingerprint density at radius 2 is 0.906 bits per heavy atom. The minimum absolute atomic E-state index is 0.537. The summed E-state index contributed by atoms with van der Waals surface area (Å²) in [7, 11) is 0. The lowest BCUT2D eigenvalue weighted by atomic mass is 9.95. The Hall–Kier alpha value is -2.06. The van der Waals surface area contributed by atoms with E-state index in [0.29, 0.717) is 11.1 Å². The van der Waals surface area contributed by atoms with Gasteiger partial charge in [0.15, 0.2) is 0 Å². The van der Waals surface area contributed by atoms with Crippen molar-refractivity contribution in [2.75, 3.05) is 13.2 Å². The van der Waals surface area contributed by atoms with E-state index in [2.05, 4.69) is 23.7 Å². The molecule has 32 heavy (non-hydrogen) atoms. The van der Waals surface area contributed by atoms with Crippen molar-refractivity contribution in [1.29, 1.82) is 0 Å². The van der Waals surface area contributed by atoms with Gasteiger partial charge in [-0.1, -0.05) is 23.7 Å². The highest BCUT2D eigenvalue weighted by Crippen LogP contribution is 2.22. The van der Waals surface area contributed by atoms with Crippen molar-refractivity contribution in [3.63, 3.8) is 0 Å². The number of aliphatic hydroxyl groups excluding tert-OH is 8. The molecule has 0 radical (unpaired) electrons. The molecule has 3 rings (SSSR count). The summed E-state index contributed by atoms with van der Waals surface area (Å²) in [6.07, 6.45) is -13.1. The van der Waals surface area contributed by atoms with Crippen molar-refractivity contribution in [2.24, 2.45) is 0 Å². The maximum atomic E-state index is 10.0. The Morgan fingerprint density at radius 1 is 0.562 bits per heavy atom. The van der Waals surface area contributed by atoms with Crippen LogP contribution < -0.4 is 0 Å². The summed E-state index contributed by atoms with van der Waals surface area (Å²) < 4.78 is 10.7. The lowest BCUT2D eigenvalue weighted by molar-refractivity contribution is -0.214. The van der Waals surface area contributed by atoms with Gasteiger partial charge in [0.25, 0.3) is 0 Å². The molecule has 2 fully saturated rings. The fourth-order valence-corrected chi connectivity index (χ4v) is 3.39. The molecule has 0 aliphatic carbocycles. The van der Waals surface area contributed by atoms with E-state index in [1.807, 2.05) is 0 Å². The third-order valence-electron chi connectivity index (χ3n) is 5.39. The first-order valence-electron chi connectivity index (χ1n) is 10.0. The smallest absolute Gasteiger partial charge is 0.147 e. The molecule has 8 unspecified atom stereocenters. The highest BCUT2D eigenvalue weighted by atomic mass is 16.5. The molecule has 1 aromatic rings. The molecule has 10 nitrogen and oxygen atoms in total. The van der Waals surface area contributed by atoms with Crippen LogP contribution in [0.3, 0.4) is 0 Å². The average molecular weight is 450 g/mol. The third-order valence-corrected chi connectivity index (χ3v) is 5.39. The Kier molecular flexibility index (Phi) is 8.22. The number of aliphatic hydroxyl groups is 8. The van der Waals surface area contributed by atoms with Crippen LogP contribution in [0, 0.1) is 23.7 Å². The number of benzene rings is 1. The zero-order chi connectivity index (χ0) is 23.4. The Morgan fingerprint density at radius 3 is 1.22 bits per heavy atom. The van der Waals surface area contributed by atoms with Crippen LogP contribution in [0.1, 0.15) is 11.1 Å². The van der Waals surface area contributed by atoms with Gasteiger partial charge in [0, 0.05) is 11.1 Å². The van der Waals surface area contributed by atoms with E-state index < -0.39 is 74.3 Å². The molecule has 10 heteroatoms. The van der Waals surface area contributed by atoms with E-state index in [4.69, 9.17) is 9.47 Å². The standard InChI is InChI=1S/C22H26O10/c23-9-15-19(27)21(29)17(25)13(31-15)7-5-11-1-2-12(4-3-11)6-8-14-18(26)22(30)20(28)16(10-24)32-14/h1-4,13-30H,9-10H2/t13?,14?,15?,16?,17?,18?,19-,20-,21?,22?/m1/s1. The highest BCUT2D eigenvalue weighted by Gasteiger charge is 2.43. The first-order chi connectivity index (χ1) is 15.3. The SMILES string of the molecule is OCC1OC(C#Cc2ccc(C#CC3OC(CO)[C@@H](O)C(O)C3O)cc2)C(O)C(O)[C@@H]1O. The number of rotatable bonds is 2. The van der Waals surface area contributed by atoms with Crippen LogP contribution in [0.15, 0.2) is 24.3 Å². The molecule has 0 spiro atoms. The van der Waals surface area contributed by atoms with Gasteiger partial charge in [-0.05, 0) is 24.3 Å². The van der Waals surface area contributed by atoms with Crippen molar-refractivity contribution in [3.05, 3.63) is 35.4 Å². The van der Waals surface area contributed by atoms with Gasteiger partial charge in [-0.25, -0.2) is 0 Å². The summed E-state index contributed by atoms with van der Waals surface area (Å²) >= 11 is 0. The van der Waals surface area contributed by atoms with Crippen molar-refractivity contribution in [2.45, 2.75) is 61.0 Å². The lowest BCUT2D eigenvalue weighted by Gasteiger charge is -2.37. The van der Waals surface area contributed by atoms with Gasteiger partial charge in [0.05, 0.1) is 13.2 Å². The normalized spacial score (nSPS) is 39.4. The van der Waals surface area contributed by atoms with E-state index in [1.165, 1.54) is 0 Å². The summed E-state index contributed by atoms with van der Waals surface area (Å²) in [5.41, 5.74) is 1.08. The van der Waals surface area contributed by atoms with Crippen molar-refractivity contribution in [3.8, 4) is 23.7 Å². The van der Waals surface area contributed by atoms with E-state index in [9.17, 15) is 40.9 Å². The van der Waals surface area contributed by atoms with Gasteiger partial charge in [-0.2, -0.15) is 0 Å². The second kappa shape index (κ2) is 10.7. The van der Waals surface area contributed by atoms with Crippen LogP contribution in [0.4, 0.5) is 0 Å². The average Bonchev–Trinajstić information content (AvgIpc) is 2.81. The second-order valence-electron chi connectivity index (χ2n) is 7.61. The van der Waals surface area contributed by atoms with Gasteiger partial charge in [0.2, 0.25) is 0 Å². The number of hydrogen-bond donors (Lipinski definition) is 8. The van der Waals surface area contributed by atoms with Gasteiger partial charge in [-0.3, -0.25) is 0 Å². The van der Waals surface area contributed by atoms with Gasteiger partial charge in [0.1, 0.15) is 61.0 Å². The van der Waals surface area contributed by atoms with Crippen LogP contribution >= 0.6 is 0 Å². The molecule has 2 heterocycles. The fourth-order valence-electron chi connectivity index (χ4n) is 3.39. The van der Waals surface area contributed by atoms with Crippen molar-refractivity contribution in [1.82, 2.24) is 0 Å². The van der Waals surface area contributed by atoms with E-state index >= 15 is 0 Å². The van der Waals surface area contributed by atoms with Gasteiger partial charge < -0.3 is 50.3 Å². The quantitative estimate of drug-likeness (QED) is 0.207. The molecule has 0 amide bonds. The molecule has 2 aliphatic rings. The Balaban J connectivity index is 1.67. The number of ether oxygens (including phenoxy) is 2. The van der Waals surface area contributed by atoms with Crippen LogP contribution in [0.2, 0.25) is 0 Å². The van der Waals surface area contributed by atoms with Crippen LogP contribution in [0.25, 0.3) is 0 Å². The first kappa shape index (κ1) is 24.6. The maximum Gasteiger partial charge on any atom is 0.147 e. The zero-order valence-electron chi connectivity index (χ0n) is 16.9. The van der Waals surface area contributed by atoms with Crippen molar-refractivity contribution >= 4 is 0 Å². The predicted octanol–water partition coefficient (Wildman–Crippen LogP) is -3.93. The maximum absolute atomic E-state index is 10.0. The third kappa shape index (κ3) is 5.29. The topological polar surface area (TPSA) is 180 Å². The second-order valence-corrected chi connectivity index (χ2v) is 7.61. The number of hydrogen-bond acceptors (Lipinski definition) is 10. The Bertz CT molecular complexity index is 805. The summed E-state index contributed by atoms with van der Waals surface area (Å²) in [6.45, 7) is -1.07. The van der Waals surface area contributed by atoms with E-state index in [0.717, 1.165) is 0 Å². The lowest BCUT2D eigenvalue weighted by Crippen LogP contribution is -2.58. The molecule has 174 valence electrons. The van der Waals surface area contributed by atoms with Gasteiger partial charge in [-0.15, -0.1) is 0 Å². The molecule has 1 aromatic carbocycles. The summed E-state index contributed by atoms with van der Waals surface area (Å²) in [5, 5.41) is 77.6. The molecular formula is C22H26O10. The first-order valence-corrected chi connectivity index (χ1v) is 10.0. The molecule has 0 saturated carbocycles. The highest BCUT2D eigenvalue weighted by molar-refractivity contribution is 5.43. The molecule has 10 atom stereocenters. The van der Waals surface area contributed by atoms with Gasteiger partial charge >= 0.3 is 0 Å². The molecule has 0 aromatic heterocycles. The molecular weight excluding hydrogens is 424 g/mol. The summed E-state index contributed by atoms with van der Waals surface area (Å²) in [5.74, 6) is 10.9. The van der Waals surface area contributed by atoms with Crippen LogP contribution in [-0.2, 0) is 9.47 Å². The molecule has 2 aliphatic heterocycles. The minimum atomic E-state index is -1.50. The van der Waals surface area contributed by atoms with Crippen molar-refractivity contribution < 1.29 is 50.3 Å². The predicted molar refractivity (Wildman–Crippen MR) is 108 cm³/mol. The Labute approximate surface area is 184 Å². The molecule has 0 bridgehead atoms. The van der Waals surface area contributed by atoms with E-state index in [1.54, 1.807) is 24.3 Å². The fraction of sp³-hybridized carbons (Fsp3) is 0.545. The van der Waals surface area contributed by atoms with E-state index in [-0.39, 0.29) is 0 Å². The zero-order valence-corrected chi connectivity index (χ0v) is 16.9. The van der Waals surface area contributed by atoms with Crippen LogP contribution in [0.5, 0.6) is 0 Å². The molecule has 2 saturated heterocycles. The summed E-state index contributed by atoms with van der Waals surface area (Å²) in [4.78, 5) is 0. The monoisotopic (exact) mass is 450 g/mol. The minimum Gasteiger partial charge on any atom is -0.394 e. The summed E-state index contributed by atoms with van der Waals surface area (Å²) in [6, 6.07) is 6.53. The molecule has 8 N–H and O–H groups in total. The van der Waals surface area contributed by atoms with Crippen LogP contribution in [-0.4, -0.2) is 115 Å².